The molecule has 1 aromatic carbocycles. The van der Waals surface area contributed by atoms with Crippen LogP contribution in [0.4, 0.5) is 11.8 Å². The average Bonchev–Trinajstić information content (AvgIpc) is 3.39. The fourth-order valence-electron chi connectivity index (χ4n) is 2.81. The smallest absolute Gasteiger partial charge is 0.374 e. The van der Waals surface area contributed by atoms with Crippen LogP contribution in [0.5, 0.6) is 0 Å². The summed E-state index contributed by atoms with van der Waals surface area (Å²) >= 11 is 0. The minimum absolute atomic E-state index is 0.171. The Morgan fingerprint density at radius 3 is 2.89 bits per heavy atom. The van der Waals surface area contributed by atoms with Gasteiger partial charge in [-0.1, -0.05) is 0 Å². The normalized spacial score (nSPS) is 10.9. The van der Waals surface area contributed by atoms with E-state index in [0.29, 0.717) is 24.1 Å². The number of aromatic amines is 1. The van der Waals surface area contributed by atoms with Gasteiger partial charge < -0.3 is 14.1 Å². The second-order valence-corrected chi connectivity index (χ2v) is 5.79. The van der Waals surface area contributed by atoms with Gasteiger partial charge in [0.15, 0.2) is 0 Å². The third-order valence-electron chi connectivity index (χ3n) is 4.10. The largest absolute Gasteiger partial charge is 0.460 e. The first-order valence-corrected chi connectivity index (χ1v) is 8.42. The third kappa shape index (κ3) is 3.12. The van der Waals surface area contributed by atoms with E-state index in [1.165, 1.54) is 6.33 Å². The van der Waals surface area contributed by atoms with Gasteiger partial charge in [0, 0.05) is 30.4 Å². The van der Waals surface area contributed by atoms with Gasteiger partial charge in [-0.25, -0.2) is 19.7 Å². The van der Waals surface area contributed by atoms with Crippen LogP contribution in [0.3, 0.4) is 0 Å². The Morgan fingerprint density at radius 2 is 2.11 bits per heavy atom. The molecular formula is C19H17N5O3. The lowest BCUT2D eigenvalue weighted by molar-refractivity contribution is 0.0491. The average molecular weight is 363 g/mol. The van der Waals surface area contributed by atoms with Crippen LogP contribution in [0.1, 0.15) is 17.5 Å². The second-order valence-electron chi connectivity index (χ2n) is 5.79. The number of carbonyl (C=O) groups excluding carboxylic acids is 1. The number of nitrogens with zero attached hydrogens (tertiary/aromatic N) is 4. The highest BCUT2D eigenvalue weighted by molar-refractivity contribution is 5.94. The number of anilines is 2. The Hall–Kier alpha value is -3.68. The molecule has 0 amide bonds. The maximum absolute atomic E-state index is 11.8. The van der Waals surface area contributed by atoms with Crippen molar-refractivity contribution in [2.45, 2.75) is 6.92 Å². The van der Waals surface area contributed by atoms with Crippen molar-refractivity contribution in [1.29, 1.82) is 0 Å². The molecule has 0 bridgehead atoms. The number of rotatable bonds is 5. The van der Waals surface area contributed by atoms with Gasteiger partial charge in [-0.15, -0.1) is 0 Å². The molecule has 0 aliphatic heterocycles. The van der Waals surface area contributed by atoms with Gasteiger partial charge >= 0.3 is 5.97 Å². The molecule has 136 valence electrons. The lowest BCUT2D eigenvalue weighted by Gasteiger charge is -2.16. The van der Waals surface area contributed by atoms with Crippen LogP contribution in [0, 0.1) is 0 Å². The minimum atomic E-state index is -0.480. The van der Waals surface area contributed by atoms with E-state index in [1.807, 2.05) is 30.1 Å². The first-order valence-electron chi connectivity index (χ1n) is 8.42. The number of benzene rings is 1. The van der Waals surface area contributed by atoms with Crippen molar-refractivity contribution in [3.8, 4) is 11.3 Å². The fraction of sp³-hybridized carbons (Fsp3) is 0.158. The van der Waals surface area contributed by atoms with Crippen molar-refractivity contribution < 1.29 is 13.9 Å². The number of hydrogen-bond acceptors (Lipinski definition) is 7. The summed E-state index contributed by atoms with van der Waals surface area (Å²) < 4.78 is 10.6. The highest BCUT2D eigenvalue weighted by Gasteiger charge is 2.16. The Kier molecular flexibility index (Phi) is 4.29. The topological polar surface area (TPSA) is 97.1 Å². The number of esters is 1. The molecule has 0 atom stereocenters. The zero-order chi connectivity index (χ0) is 18.8. The predicted molar refractivity (Wildman–Crippen MR) is 99.8 cm³/mol. The highest BCUT2D eigenvalue weighted by Crippen LogP contribution is 2.31. The molecule has 27 heavy (non-hydrogen) atoms. The fourth-order valence-corrected chi connectivity index (χ4v) is 2.81. The standard InChI is InChI=1S/C19H17N5O3/c1-3-26-18(25)16-7-6-15(27-16)12-4-5-14-13(10-12)17(23-11-22-14)24(2)19-20-8-9-21-19/h4-11H,3H2,1-2H3,(H,20,21). The van der Waals surface area contributed by atoms with Crippen LogP contribution < -0.4 is 4.90 Å². The number of fused-ring (bicyclic) bond motifs is 1. The number of imidazole rings is 1. The van der Waals surface area contributed by atoms with Gasteiger partial charge in [0.2, 0.25) is 11.7 Å². The Labute approximate surface area is 154 Å². The maximum atomic E-state index is 11.8. The molecule has 4 aromatic rings. The molecule has 0 aliphatic rings. The molecule has 0 radical (unpaired) electrons. The molecule has 0 saturated carbocycles. The van der Waals surface area contributed by atoms with Gasteiger partial charge in [-0.2, -0.15) is 0 Å². The zero-order valence-corrected chi connectivity index (χ0v) is 14.8. The van der Waals surface area contributed by atoms with E-state index in [9.17, 15) is 4.79 Å². The van der Waals surface area contributed by atoms with Gasteiger partial charge in [-0.3, -0.25) is 4.90 Å². The van der Waals surface area contributed by atoms with Crippen LogP contribution in [0.25, 0.3) is 22.2 Å². The number of nitrogens with one attached hydrogen (secondary N) is 1. The first-order chi connectivity index (χ1) is 13.2. The summed E-state index contributed by atoms with van der Waals surface area (Å²) in [6, 6.07) is 9.05. The Balaban J connectivity index is 1.76. The Morgan fingerprint density at radius 1 is 1.22 bits per heavy atom. The van der Waals surface area contributed by atoms with E-state index in [0.717, 1.165) is 16.5 Å². The van der Waals surface area contributed by atoms with Crippen molar-refractivity contribution in [1.82, 2.24) is 19.9 Å². The monoisotopic (exact) mass is 363 g/mol. The molecule has 0 unspecified atom stereocenters. The van der Waals surface area contributed by atoms with E-state index in [1.54, 1.807) is 31.5 Å². The van der Waals surface area contributed by atoms with Gasteiger partial charge in [0.1, 0.15) is 17.9 Å². The molecule has 3 aromatic heterocycles. The molecule has 8 heteroatoms. The van der Waals surface area contributed by atoms with Crippen molar-refractivity contribution in [2.75, 3.05) is 18.6 Å². The van der Waals surface area contributed by atoms with Crippen LogP contribution in [0.2, 0.25) is 0 Å². The van der Waals surface area contributed by atoms with Crippen LogP contribution in [0.15, 0.2) is 53.5 Å². The molecule has 3 heterocycles. The zero-order valence-electron chi connectivity index (χ0n) is 14.8. The molecule has 0 saturated heterocycles. The van der Waals surface area contributed by atoms with Crippen LogP contribution in [-0.2, 0) is 4.74 Å². The van der Waals surface area contributed by atoms with Crippen molar-refractivity contribution >= 4 is 28.6 Å². The molecule has 0 fully saturated rings. The van der Waals surface area contributed by atoms with E-state index in [4.69, 9.17) is 9.15 Å². The SMILES string of the molecule is CCOC(=O)c1ccc(-c2ccc3ncnc(N(C)c4ncc[nH]4)c3c2)o1. The molecular weight excluding hydrogens is 346 g/mol. The molecule has 0 aliphatic carbocycles. The molecule has 0 spiro atoms. The summed E-state index contributed by atoms with van der Waals surface area (Å²) in [5.74, 6) is 1.63. The van der Waals surface area contributed by atoms with E-state index >= 15 is 0 Å². The van der Waals surface area contributed by atoms with Gasteiger partial charge in [0.25, 0.3) is 0 Å². The third-order valence-corrected chi connectivity index (χ3v) is 4.10. The number of aromatic nitrogens is 4. The van der Waals surface area contributed by atoms with Crippen LogP contribution >= 0.6 is 0 Å². The quantitative estimate of drug-likeness (QED) is 0.541. The summed E-state index contributed by atoms with van der Waals surface area (Å²) in [5, 5.41) is 0.836. The maximum Gasteiger partial charge on any atom is 0.374 e. The van der Waals surface area contributed by atoms with Crippen molar-refractivity contribution in [3.63, 3.8) is 0 Å². The Bertz CT molecular complexity index is 1090. The summed E-state index contributed by atoms with van der Waals surface area (Å²) in [7, 11) is 1.87. The number of ether oxygens (including phenoxy) is 1. The van der Waals surface area contributed by atoms with Crippen molar-refractivity contribution in [2.24, 2.45) is 0 Å². The number of carbonyl (C=O) groups is 1. The van der Waals surface area contributed by atoms with Gasteiger partial charge in [-0.05, 0) is 37.3 Å². The number of H-pyrrole nitrogens is 1. The number of hydrogen-bond donors (Lipinski definition) is 1. The first kappa shape index (κ1) is 16.8. The minimum Gasteiger partial charge on any atom is -0.460 e. The molecule has 4 rings (SSSR count). The highest BCUT2D eigenvalue weighted by atomic mass is 16.5. The molecule has 8 nitrogen and oxygen atoms in total. The second kappa shape index (κ2) is 6.91. The predicted octanol–water partition coefficient (Wildman–Crippen LogP) is 3.56. The lowest BCUT2D eigenvalue weighted by atomic mass is 10.1. The van der Waals surface area contributed by atoms with E-state index in [2.05, 4.69) is 19.9 Å². The van der Waals surface area contributed by atoms with E-state index in [-0.39, 0.29) is 5.76 Å². The van der Waals surface area contributed by atoms with E-state index < -0.39 is 5.97 Å². The van der Waals surface area contributed by atoms with Crippen LogP contribution in [-0.4, -0.2) is 39.6 Å². The lowest BCUT2D eigenvalue weighted by Crippen LogP contribution is -2.13. The van der Waals surface area contributed by atoms with Crippen molar-refractivity contribution in [3.05, 3.63) is 54.8 Å². The summed E-state index contributed by atoms with van der Waals surface area (Å²) in [6.45, 7) is 2.05. The summed E-state index contributed by atoms with van der Waals surface area (Å²) in [4.78, 5) is 29.7. The summed E-state index contributed by atoms with van der Waals surface area (Å²) in [6.07, 6.45) is 4.95. The molecule has 1 N–H and O–H groups in total. The van der Waals surface area contributed by atoms with Gasteiger partial charge in [0.05, 0.1) is 12.1 Å². The summed E-state index contributed by atoms with van der Waals surface area (Å²) in [5.41, 5.74) is 1.60. The number of furan rings is 1.